The van der Waals surface area contributed by atoms with Crippen molar-refractivity contribution in [2.24, 2.45) is 0 Å². The zero-order valence-electron chi connectivity index (χ0n) is 15.9. The molecule has 0 unspecified atom stereocenters. The Kier molecular flexibility index (Phi) is 4.82. The fourth-order valence-electron chi connectivity index (χ4n) is 3.90. The molecule has 1 aliphatic rings. The number of esters is 1. The Hall–Kier alpha value is -3.05. The van der Waals surface area contributed by atoms with Crippen LogP contribution in [-0.4, -0.2) is 15.9 Å². The molecule has 0 saturated carbocycles. The highest BCUT2D eigenvalue weighted by Crippen LogP contribution is 2.30. The predicted molar refractivity (Wildman–Crippen MR) is 115 cm³/mol. The van der Waals surface area contributed by atoms with E-state index in [9.17, 15) is 4.79 Å². The molecule has 0 aliphatic heterocycles. The molecule has 0 saturated heterocycles. The molecular formula is C24H20N2O2S. The summed E-state index contributed by atoms with van der Waals surface area (Å²) in [7, 11) is 0. The van der Waals surface area contributed by atoms with E-state index in [2.05, 4.69) is 4.98 Å². The van der Waals surface area contributed by atoms with Gasteiger partial charge in [0.1, 0.15) is 11.6 Å². The van der Waals surface area contributed by atoms with Crippen LogP contribution >= 0.6 is 11.3 Å². The molecule has 4 nitrogen and oxygen atoms in total. The first-order valence-electron chi connectivity index (χ1n) is 9.87. The monoisotopic (exact) mass is 400 g/mol. The second-order valence-corrected chi connectivity index (χ2v) is 8.08. The van der Waals surface area contributed by atoms with Gasteiger partial charge in [-0.2, -0.15) is 0 Å². The van der Waals surface area contributed by atoms with Crippen molar-refractivity contribution < 1.29 is 9.53 Å². The van der Waals surface area contributed by atoms with Gasteiger partial charge >= 0.3 is 5.97 Å². The van der Waals surface area contributed by atoms with Gasteiger partial charge in [-0.3, -0.25) is 4.98 Å². The second-order valence-electron chi connectivity index (χ2n) is 7.22. The van der Waals surface area contributed by atoms with Crippen molar-refractivity contribution in [1.82, 2.24) is 9.97 Å². The quantitative estimate of drug-likeness (QED) is 0.419. The smallest absolute Gasteiger partial charge is 0.339 e. The number of pyridine rings is 1. The molecule has 0 N–H and O–H groups in total. The first kappa shape index (κ1) is 18.0. The lowest BCUT2D eigenvalue weighted by molar-refractivity contribution is 0.0469. The van der Waals surface area contributed by atoms with E-state index >= 15 is 0 Å². The van der Waals surface area contributed by atoms with Crippen molar-refractivity contribution in [3.05, 3.63) is 82.5 Å². The van der Waals surface area contributed by atoms with Crippen LogP contribution in [0.4, 0.5) is 0 Å². The number of thiazole rings is 1. The molecule has 0 spiro atoms. The molecule has 0 amide bonds. The minimum atomic E-state index is -0.281. The summed E-state index contributed by atoms with van der Waals surface area (Å²) >= 11 is 1.56. The van der Waals surface area contributed by atoms with Crippen LogP contribution in [0, 0.1) is 0 Å². The van der Waals surface area contributed by atoms with Gasteiger partial charge in [0.2, 0.25) is 0 Å². The maximum atomic E-state index is 13.1. The number of hydrogen-bond donors (Lipinski definition) is 0. The first-order chi connectivity index (χ1) is 14.3. The number of aryl methyl sites for hydroxylation is 1. The van der Waals surface area contributed by atoms with Gasteiger partial charge in [0, 0.05) is 22.0 Å². The Balaban J connectivity index is 1.42. The number of carbonyl (C=O) groups excluding carboxylic acids is 1. The number of aromatic nitrogens is 2. The van der Waals surface area contributed by atoms with Crippen LogP contribution in [0.15, 0.2) is 60.0 Å². The Morgan fingerprint density at radius 2 is 1.76 bits per heavy atom. The summed E-state index contributed by atoms with van der Waals surface area (Å²) in [5, 5.41) is 3.76. The van der Waals surface area contributed by atoms with Crippen molar-refractivity contribution in [1.29, 1.82) is 0 Å². The molecule has 2 heterocycles. The van der Waals surface area contributed by atoms with E-state index in [-0.39, 0.29) is 12.6 Å². The van der Waals surface area contributed by atoms with Crippen molar-refractivity contribution in [3.63, 3.8) is 0 Å². The summed E-state index contributed by atoms with van der Waals surface area (Å²) in [4.78, 5) is 22.5. The van der Waals surface area contributed by atoms with E-state index < -0.39 is 0 Å². The molecule has 0 atom stereocenters. The average Bonchev–Trinajstić information content (AvgIpc) is 3.25. The number of nitrogens with zero attached hydrogens (tertiary/aromatic N) is 2. The lowest BCUT2D eigenvalue weighted by Crippen LogP contribution is -2.15. The van der Waals surface area contributed by atoms with E-state index in [0.29, 0.717) is 5.56 Å². The van der Waals surface area contributed by atoms with Crippen LogP contribution in [0.5, 0.6) is 0 Å². The highest BCUT2D eigenvalue weighted by atomic mass is 32.1. The highest BCUT2D eigenvalue weighted by Gasteiger charge is 2.23. The normalized spacial score (nSPS) is 13.2. The number of hydrogen-bond acceptors (Lipinski definition) is 5. The number of benzene rings is 2. The van der Waals surface area contributed by atoms with E-state index in [1.54, 1.807) is 11.3 Å². The third-order valence-electron chi connectivity index (χ3n) is 5.30. The van der Waals surface area contributed by atoms with Gasteiger partial charge in [-0.1, -0.05) is 48.5 Å². The second kappa shape index (κ2) is 7.76. The van der Waals surface area contributed by atoms with Gasteiger partial charge in [0.25, 0.3) is 0 Å². The summed E-state index contributed by atoms with van der Waals surface area (Å²) in [6.45, 7) is 0.174. The molecule has 0 radical (unpaired) electrons. The minimum absolute atomic E-state index is 0.174. The zero-order valence-corrected chi connectivity index (χ0v) is 16.7. The van der Waals surface area contributed by atoms with Crippen molar-refractivity contribution >= 4 is 28.2 Å². The van der Waals surface area contributed by atoms with Crippen LogP contribution in [0.3, 0.4) is 0 Å². The largest absolute Gasteiger partial charge is 0.456 e. The molecule has 5 heteroatoms. The summed E-state index contributed by atoms with van der Waals surface area (Å²) in [5.74, 6) is -0.281. The van der Waals surface area contributed by atoms with Gasteiger partial charge in [-0.25, -0.2) is 9.78 Å². The molecular weight excluding hydrogens is 380 g/mol. The van der Waals surface area contributed by atoms with E-state index in [1.807, 2.05) is 60.0 Å². The van der Waals surface area contributed by atoms with Gasteiger partial charge in [0.05, 0.1) is 16.8 Å². The molecule has 0 bridgehead atoms. The third-order valence-corrected chi connectivity index (χ3v) is 6.24. The van der Waals surface area contributed by atoms with Crippen molar-refractivity contribution in [3.8, 4) is 10.6 Å². The minimum Gasteiger partial charge on any atom is -0.456 e. The summed E-state index contributed by atoms with van der Waals surface area (Å²) in [5.41, 5.74) is 5.49. The van der Waals surface area contributed by atoms with E-state index in [4.69, 9.17) is 9.72 Å². The molecule has 2 aromatic heterocycles. The SMILES string of the molecule is O=C(OCc1csc(-c2ccccc2)n1)c1c2c(nc3ccccc13)CCCC2. The number of fused-ring (bicyclic) bond motifs is 2. The number of rotatable bonds is 4. The Morgan fingerprint density at radius 3 is 2.66 bits per heavy atom. The van der Waals surface area contributed by atoms with E-state index in [0.717, 1.165) is 64.1 Å². The van der Waals surface area contributed by atoms with Crippen LogP contribution < -0.4 is 0 Å². The topological polar surface area (TPSA) is 52.1 Å². The predicted octanol–water partition coefficient (Wildman–Crippen LogP) is 5.59. The lowest BCUT2D eigenvalue weighted by Gasteiger charge is -2.19. The summed E-state index contributed by atoms with van der Waals surface area (Å²) in [6.07, 6.45) is 4.01. The van der Waals surface area contributed by atoms with Crippen LogP contribution in [-0.2, 0) is 24.2 Å². The Bertz CT molecular complexity index is 1180. The number of carbonyl (C=O) groups is 1. The molecule has 1 aliphatic carbocycles. The van der Waals surface area contributed by atoms with Gasteiger partial charge in [-0.15, -0.1) is 11.3 Å². The molecule has 144 valence electrons. The van der Waals surface area contributed by atoms with Gasteiger partial charge in [0.15, 0.2) is 0 Å². The van der Waals surface area contributed by atoms with Crippen molar-refractivity contribution in [2.45, 2.75) is 32.3 Å². The molecule has 0 fully saturated rings. The van der Waals surface area contributed by atoms with Gasteiger partial charge < -0.3 is 4.74 Å². The Morgan fingerprint density at radius 1 is 0.966 bits per heavy atom. The highest BCUT2D eigenvalue weighted by molar-refractivity contribution is 7.13. The van der Waals surface area contributed by atoms with Gasteiger partial charge in [-0.05, 0) is 37.3 Å². The number of ether oxygens (including phenoxy) is 1. The summed E-state index contributed by atoms with van der Waals surface area (Å²) < 4.78 is 5.71. The van der Waals surface area contributed by atoms with Crippen LogP contribution in [0.2, 0.25) is 0 Å². The Labute approximate surface area is 173 Å². The molecule has 29 heavy (non-hydrogen) atoms. The maximum Gasteiger partial charge on any atom is 0.339 e. The standard InChI is InChI=1S/C24H20N2O2S/c27-24(28-14-17-15-29-23(25-17)16-8-2-1-3-9-16)22-18-10-4-6-12-20(18)26-21-13-7-5-11-19(21)22/h1-4,6,8-10,12,15H,5,7,11,13-14H2. The van der Waals surface area contributed by atoms with Crippen LogP contribution in [0.25, 0.3) is 21.5 Å². The third kappa shape index (κ3) is 3.54. The fraction of sp³-hybridized carbons (Fsp3) is 0.208. The maximum absolute atomic E-state index is 13.1. The fourth-order valence-corrected chi connectivity index (χ4v) is 4.71. The summed E-state index contributed by atoms with van der Waals surface area (Å²) in [6, 6.07) is 17.9. The molecule has 5 rings (SSSR count). The first-order valence-corrected chi connectivity index (χ1v) is 10.7. The lowest BCUT2D eigenvalue weighted by atomic mass is 9.90. The zero-order chi connectivity index (χ0) is 19.6. The van der Waals surface area contributed by atoms with Crippen LogP contribution in [0.1, 0.15) is 40.2 Å². The molecule has 2 aromatic carbocycles. The van der Waals surface area contributed by atoms with E-state index in [1.165, 1.54) is 0 Å². The average molecular weight is 401 g/mol. The van der Waals surface area contributed by atoms with Crippen molar-refractivity contribution in [2.75, 3.05) is 0 Å². The number of para-hydroxylation sites is 1. The molecule has 4 aromatic rings.